The highest BCUT2D eigenvalue weighted by Gasteiger charge is 2.00. The molecule has 15 heavy (non-hydrogen) atoms. The molecule has 6 heteroatoms. The molecule has 0 aromatic carbocycles. The van der Waals surface area contributed by atoms with Crippen LogP contribution < -0.4 is 5.32 Å². The summed E-state index contributed by atoms with van der Waals surface area (Å²) in [7, 11) is 1.77. The molecule has 0 unspecified atom stereocenters. The molecule has 0 aliphatic heterocycles. The van der Waals surface area contributed by atoms with Gasteiger partial charge in [-0.25, -0.2) is 0 Å². The van der Waals surface area contributed by atoms with Gasteiger partial charge in [-0.3, -0.25) is 0 Å². The van der Waals surface area contributed by atoms with Crippen molar-refractivity contribution in [3.05, 3.63) is 5.82 Å². The molecule has 0 saturated carbocycles. The van der Waals surface area contributed by atoms with Crippen molar-refractivity contribution in [3.8, 4) is 0 Å². The van der Waals surface area contributed by atoms with E-state index in [1.165, 1.54) is 4.80 Å². The van der Waals surface area contributed by atoms with Gasteiger partial charge >= 0.3 is 0 Å². The topological polar surface area (TPSA) is 58.9 Å². The minimum Gasteiger partial charge on any atom is -0.308 e. The lowest BCUT2D eigenvalue weighted by Gasteiger charge is -2.17. The van der Waals surface area contributed by atoms with Crippen molar-refractivity contribution in [2.24, 2.45) is 7.05 Å². The van der Waals surface area contributed by atoms with E-state index in [2.05, 4.69) is 39.5 Å². The van der Waals surface area contributed by atoms with Crippen LogP contribution in [0.5, 0.6) is 0 Å². The summed E-state index contributed by atoms with van der Waals surface area (Å²) in [6, 6.07) is 0. The quantitative estimate of drug-likeness (QED) is 0.626. The molecule has 0 amide bonds. The predicted molar refractivity (Wildman–Crippen MR) is 58.3 cm³/mol. The zero-order valence-electron chi connectivity index (χ0n) is 9.77. The Morgan fingerprint density at radius 2 is 2.07 bits per heavy atom. The maximum Gasteiger partial charge on any atom is 0.188 e. The molecular weight excluding hydrogens is 192 g/mol. The maximum absolute atomic E-state index is 4.09. The first kappa shape index (κ1) is 12.1. The third-order valence-corrected chi connectivity index (χ3v) is 2.33. The number of nitrogens with zero attached hydrogens (tertiary/aromatic N) is 5. The third-order valence-electron chi connectivity index (χ3n) is 2.33. The van der Waals surface area contributed by atoms with E-state index in [1.54, 1.807) is 7.05 Å². The molecule has 86 valence electrons. The van der Waals surface area contributed by atoms with E-state index in [-0.39, 0.29) is 0 Å². The normalized spacial score (nSPS) is 11.2. The molecule has 6 nitrogen and oxygen atoms in total. The van der Waals surface area contributed by atoms with E-state index in [9.17, 15) is 0 Å². The van der Waals surface area contributed by atoms with Crippen LogP contribution in [0.1, 0.15) is 19.7 Å². The fourth-order valence-electron chi connectivity index (χ4n) is 1.37. The van der Waals surface area contributed by atoms with Crippen LogP contribution in [0, 0.1) is 0 Å². The summed E-state index contributed by atoms with van der Waals surface area (Å²) in [5.74, 6) is 0.747. The van der Waals surface area contributed by atoms with Gasteiger partial charge in [-0.2, -0.15) is 4.80 Å². The molecule has 1 aromatic rings. The lowest BCUT2D eigenvalue weighted by Crippen LogP contribution is -2.31. The van der Waals surface area contributed by atoms with E-state index in [0.717, 1.165) is 32.0 Å². The SMILES string of the molecule is CCN(CC)CCNCc1nnn(C)n1. The second-order valence-electron chi connectivity index (χ2n) is 3.40. The molecule has 0 radical (unpaired) electrons. The van der Waals surface area contributed by atoms with Gasteiger partial charge < -0.3 is 10.2 Å². The number of tetrazole rings is 1. The zero-order valence-corrected chi connectivity index (χ0v) is 9.77. The third kappa shape index (κ3) is 4.35. The molecule has 1 aromatic heterocycles. The second-order valence-corrected chi connectivity index (χ2v) is 3.40. The minimum atomic E-state index is 0.690. The van der Waals surface area contributed by atoms with Gasteiger partial charge in [0, 0.05) is 13.1 Å². The van der Waals surface area contributed by atoms with Crippen molar-refractivity contribution in [2.75, 3.05) is 26.2 Å². The molecule has 0 spiro atoms. The van der Waals surface area contributed by atoms with Crippen molar-refractivity contribution in [1.82, 2.24) is 30.4 Å². The van der Waals surface area contributed by atoms with Crippen molar-refractivity contribution in [2.45, 2.75) is 20.4 Å². The average molecular weight is 212 g/mol. The second kappa shape index (κ2) is 6.47. The summed E-state index contributed by atoms with van der Waals surface area (Å²) >= 11 is 0. The monoisotopic (exact) mass is 212 g/mol. The minimum absolute atomic E-state index is 0.690. The summed E-state index contributed by atoms with van der Waals surface area (Å²) in [5, 5.41) is 15.0. The molecule has 0 aliphatic rings. The summed E-state index contributed by atoms with van der Waals surface area (Å²) in [4.78, 5) is 3.85. The van der Waals surface area contributed by atoms with Crippen LogP contribution in [0.15, 0.2) is 0 Å². The highest BCUT2D eigenvalue weighted by atomic mass is 15.6. The molecule has 0 saturated heterocycles. The summed E-state index contributed by atoms with van der Waals surface area (Å²) < 4.78 is 0. The Labute approximate surface area is 90.6 Å². The highest BCUT2D eigenvalue weighted by molar-refractivity contribution is 4.75. The van der Waals surface area contributed by atoms with Crippen LogP contribution >= 0.6 is 0 Å². The fraction of sp³-hybridized carbons (Fsp3) is 0.889. The van der Waals surface area contributed by atoms with Crippen LogP contribution in [0.2, 0.25) is 0 Å². The predicted octanol–water partition coefficient (Wildman–Crippen LogP) is -0.358. The van der Waals surface area contributed by atoms with E-state index >= 15 is 0 Å². The van der Waals surface area contributed by atoms with Gasteiger partial charge in [0.2, 0.25) is 0 Å². The average Bonchev–Trinajstić information content (AvgIpc) is 2.65. The molecule has 0 aliphatic carbocycles. The van der Waals surface area contributed by atoms with E-state index in [4.69, 9.17) is 0 Å². The molecular formula is C9H20N6. The smallest absolute Gasteiger partial charge is 0.188 e. The number of aromatic nitrogens is 4. The number of rotatable bonds is 7. The van der Waals surface area contributed by atoms with Crippen molar-refractivity contribution >= 4 is 0 Å². The van der Waals surface area contributed by atoms with Gasteiger partial charge in [0.1, 0.15) is 0 Å². The van der Waals surface area contributed by atoms with Crippen LogP contribution in [0.4, 0.5) is 0 Å². The van der Waals surface area contributed by atoms with E-state index in [1.807, 2.05) is 0 Å². The van der Waals surface area contributed by atoms with Gasteiger partial charge in [-0.15, -0.1) is 10.2 Å². The fourth-order valence-corrected chi connectivity index (χ4v) is 1.37. The first-order valence-corrected chi connectivity index (χ1v) is 5.42. The van der Waals surface area contributed by atoms with Crippen molar-refractivity contribution < 1.29 is 0 Å². The Hall–Kier alpha value is -1.01. The van der Waals surface area contributed by atoms with Crippen LogP contribution in [-0.2, 0) is 13.6 Å². The Bertz CT molecular complexity index is 267. The molecule has 0 atom stereocenters. The largest absolute Gasteiger partial charge is 0.308 e. The summed E-state index contributed by atoms with van der Waals surface area (Å²) in [6.07, 6.45) is 0. The van der Waals surface area contributed by atoms with Crippen molar-refractivity contribution in [1.29, 1.82) is 0 Å². The molecule has 1 heterocycles. The molecule has 0 bridgehead atoms. The number of hydrogen-bond acceptors (Lipinski definition) is 5. The number of hydrogen-bond donors (Lipinski definition) is 1. The summed E-state index contributed by atoms with van der Waals surface area (Å²) in [6.45, 7) is 9.26. The van der Waals surface area contributed by atoms with Crippen molar-refractivity contribution in [3.63, 3.8) is 0 Å². The first-order chi connectivity index (χ1) is 7.26. The standard InChI is InChI=1S/C9H20N6/c1-4-15(5-2)7-6-10-8-9-11-13-14(3)12-9/h10H,4-8H2,1-3H3. The highest BCUT2D eigenvalue weighted by Crippen LogP contribution is 1.86. The Kier molecular flexibility index (Phi) is 5.20. The van der Waals surface area contributed by atoms with Gasteiger partial charge in [-0.05, 0) is 18.3 Å². The van der Waals surface area contributed by atoms with Crippen LogP contribution in [0.25, 0.3) is 0 Å². The summed E-state index contributed by atoms with van der Waals surface area (Å²) in [5.41, 5.74) is 0. The lowest BCUT2D eigenvalue weighted by molar-refractivity contribution is 0.302. The lowest BCUT2D eigenvalue weighted by atomic mass is 10.4. The molecule has 0 fully saturated rings. The molecule has 1 N–H and O–H groups in total. The first-order valence-electron chi connectivity index (χ1n) is 5.42. The van der Waals surface area contributed by atoms with E-state index in [0.29, 0.717) is 6.54 Å². The number of likely N-dealkylation sites (N-methyl/N-ethyl adjacent to an activating group) is 1. The van der Waals surface area contributed by atoms with Gasteiger partial charge in [0.25, 0.3) is 0 Å². The van der Waals surface area contributed by atoms with Crippen LogP contribution in [-0.4, -0.2) is 51.3 Å². The number of aryl methyl sites for hydroxylation is 1. The van der Waals surface area contributed by atoms with Gasteiger partial charge in [0.05, 0.1) is 13.6 Å². The zero-order chi connectivity index (χ0) is 11.1. The van der Waals surface area contributed by atoms with E-state index < -0.39 is 0 Å². The van der Waals surface area contributed by atoms with Gasteiger partial charge in [-0.1, -0.05) is 13.8 Å². The van der Waals surface area contributed by atoms with Crippen LogP contribution in [0.3, 0.4) is 0 Å². The number of nitrogens with one attached hydrogen (secondary N) is 1. The van der Waals surface area contributed by atoms with Gasteiger partial charge in [0.15, 0.2) is 5.82 Å². The Morgan fingerprint density at radius 3 is 2.60 bits per heavy atom. The maximum atomic E-state index is 4.09. The Balaban J connectivity index is 2.11. The molecule has 1 rings (SSSR count). The Morgan fingerprint density at radius 1 is 1.33 bits per heavy atom.